The molecule has 0 saturated heterocycles. The van der Waals surface area contributed by atoms with Gasteiger partial charge < -0.3 is 0 Å². The number of hydrogen-bond acceptors (Lipinski definition) is 4. The minimum atomic E-state index is -3.69. The van der Waals surface area contributed by atoms with E-state index in [-0.39, 0.29) is 4.90 Å². The molecule has 0 aliphatic heterocycles. The molecule has 0 heterocycles. The Morgan fingerprint density at radius 3 is 2.50 bits per heavy atom. The molecular weight excluding hydrogens is 304 g/mol. The Labute approximate surface area is 129 Å². The van der Waals surface area contributed by atoms with Gasteiger partial charge in [0.05, 0.1) is 11.5 Å². The Kier molecular flexibility index (Phi) is 5.13. The molecule has 0 unspecified atom stereocenters. The van der Waals surface area contributed by atoms with Crippen molar-refractivity contribution in [3.05, 3.63) is 60.2 Å². The summed E-state index contributed by atoms with van der Waals surface area (Å²) in [6.07, 6.45) is 0. The quantitative estimate of drug-likeness (QED) is 0.799. The van der Waals surface area contributed by atoms with Crippen molar-refractivity contribution in [2.75, 3.05) is 11.3 Å². The Morgan fingerprint density at radius 1 is 1.09 bits per heavy atom. The number of anilines is 1. The van der Waals surface area contributed by atoms with Crippen LogP contribution < -0.4 is 10.2 Å². The number of amides is 1. The van der Waals surface area contributed by atoms with Crippen LogP contribution in [-0.2, 0) is 14.9 Å². The van der Waals surface area contributed by atoms with Crippen LogP contribution in [0.1, 0.15) is 17.3 Å². The van der Waals surface area contributed by atoms with Gasteiger partial charge in [-0.2, -0.15) is 0 Å². The fraction of sp³-hybridized carbons (Fsp3) is 0.133. The minimum absolute atomic E-state index is 0.152. The van der Waals surface area contributed by atoms with E-state index in [4.69, 9.17) is 4.84 Å². The van der Waals surface area contributed by atoms with Gasteiger partial charge in [-0.15, -0.1) is 0 Å². The van der Waals surface area contributed by atoms with Gasteiger partial charge in [0.25, 0.3) is 15.9 Å². The molecule has 2 N–H and O–H groups in total. The van der Waals surface area contributed by atoms with Crippen molar-refractivity contribution >= 4 is 21.6 Å². The topological polar surface area (TPSA) is 84.5 Å². The second-order valence-electron chi connectivity index (χ2n) is 4.36. The van der Waals surface area contributed by atoms with Gasteiger partial charge in [-0.05, 0) is 37.3 Å². The van der Waals surface area contributed by atoms with Gasteiger partial charge in [-0.3, -0.25) is 14.4 Å². The maximum absolute atomic E-state index is 12.2. The lowest BCUT2D eigenvalue weighted by Gasteiger charge is -2.09. The van der Waals surface area contributed by atoms with E-state index in [1.807, 2.05) is 0 Å². The van der Waals surface area contributed by atoms with Crippen LogP contribution in [0.3, 0.4) is 0 Å². The first-order chi connectivity index (χ1) is 10.5. The van der Waals surface area contributed by atoms with Gasteiger partial charge in [-0.1, -0.05) is 24.3 Å². The van der Waals surface area contributed by atoms with Crippen LogP contribution in [0.15, 0.2) is 59.5 Å². The average Bonchev–Trinajstić information content (AvgIpc) is 2.53. The molecule has 22 heavy (non-hydrogen) atoms. The number of nitrogens with one attached hydrogen (secondary N) is 2. The first-order valence-electron chi connectivity index (χ1n) is 6.63. The molecule has 0 fully saturated rings. The molecule has 1 amide bonds. The monoisotopic (exact) mass is 320 g/mol. The lowest BCUT2D eigenvalue weighted by Crippen LogP contribution is -2.23. The minimum Gasteiger partial charge on any atom is -0.280 e. The van der Waals surface area contributed by atoms with Crippen molar-refractivity contribution in [1.29, 1.82) is 0 Å². The SMILES string of the molecule is CCONC(=O)c1cccc(NS(=O)(=O)c2ccccc2)c1. The first kappa shape index (κ1) is 16.0. The summed E-state index contributed by atoms with van der Waals surface area (Å²) in [6.45, 7) is 2.08. The third-order valence-corrected chi connectivity index (χ3v) is 4.14. The van der Waals surface area contributed by atoms with E-state index in [0.717, 1.165) is 0 Å². The Hall–Kier alpha value is -2.38. The predicted octanol–water partition coefficient (Wildman–Crippen LogP) is 2.17. The third kappa shape index (κ3) is 4.06. The molecule has 0 atom stereocenters. The van der Waals surface area contributed by atoms with E-state index in [0.29, 0.717) is 17.9 Å². The lowest BCUT2D eigenvalue weighted by molar-refractivity contribution is 0.0364. The van der Waals surface area contributed by atoms with Crippen molar-refractivity contribution in [3.8, 4) is 0 Å². The second-order valence-corrected chi connectivity index (χ2v) is 6.05. The Bertz CT molecular complexity index is 745. The van der Waals surface area contributed by atoms with Crippen LogP contribution in [0.2, 0.25) is 0 Å². The van der Waals surface area contributed by atoms with Gasteiger partial charge in [0.2, 0.25) is 0 Å². The summed E-state index contributed by atoms with van der Waals surface area (Å²) in [6, 6.07) is 14.2. The highest BCUT2D eigenvalue weighted by Gasteiger charge is 2.14. The average molecular weight is 320 g/mol. The lowest BCUT2D eigenvalue weighted by atomic mass is 10.2. The second kappa shape index (κ2) is 7.06. The normalized spacial score (nSPS) is 11.0. The number of hydrogen-bond donors (Lipinski definition) is 2. The molecule has 2 rings (SSSR count). The third-order valence-electron chi connectivity index (χ3n) is 2.74. The van der Waals surface area contributed by atoms with Crippen LogP contribution in [-0.4, -0.2) is 20.9 Å². The summed E-state index contributed by atoms with van der Waals surface area (Å²) >= 11 is 0. The van der Waals surface area contributed by atoms with Crippen molar-refractivity contribution in [3.63, 3.8) is 0 Å². The van der Waals surface area contributed by atoms with E-state index >= 15 is 0 Å². The molecule has 0 radical (unpaired) electrons. The van der Waals surface area contributed by atoms with E-state index < -0.39 is 15.9 Å². The molecular formula is C15H16N2O4S. The van der Waals surface area contributed by atoms with Crippen molar-refractivity contribution in [2.24, 2.45) is 0 Å². The van der Waals surface area contributed by atoms with Gasteiger partial charge in [0, 0.05) is 11.3 Å². The molecule has 2 aromatic carbocycles. The van der Waals surface area contributed by atoms with E-state index in [1.54, 1.807) is 43.3 Å². The fourth-order valence-corrected chi connectivity index (χ4v) is 2.80. The fourth-order valence-electron chi connectivity index (χ4n) is 1.73. The molecule has 0 aromatic heterocycles. The molecule has 0 aliphatic carbocycles. The van der Waals surface area contributed by atoms with Crippen molar-refractivity contribution < 1.29 is 18.0 Å². The largest absolute Gasteiger partial charge is 0.280 e. The number of rotatable bonds is 6. The predicted molar refractivity (Wildman–Crippen MR) is 82.8 cm³/mol. The number of carbonyl (C=O) groups excluding carboxylic acids is 1. The first-order valence-corrected chi connectivity index (χ1v) is 8.11. The van der Waals surface area contributed by atoms with Crippen LogP contribution in [0.4, 0.5) is 5.69 Å². The van der Waals surface area contributed by atoms with Crippen LogP contribution in [0, 0.1) is 0 Å². The number of carbonyl (C=O) groups is 1. The highest BCUT2D eigenvalue weighted by molar-refractivity contribution is 7.92. The van der Waals surface area contributed by atoms with Gasteiger partial charge >= 0.3 is 0 Å². The number of benzene rings is 2. The van der Waals surface area contributed by atoms with Crippen molar-refractivity contribution in [1.82, 2.24) is 5.48 Å². The maximum atomic E-state index is 12.2. The zero-order valence-corrected chi connectivity index (χ0v) is 12.8. The van der Waals surface area contributed by atoms with Crippen LogP contribution in [0.5, 0.6) is 0 Å². The van der Waals surface area contributed by atoms with Crippen LogP contribution in [0.25, 0.3) is 0 Å². The summed E-state index contributed by atoms with van der Waals surface area (Å²) in [5, 5.41) is 0. The number of hydroxylamine groups is 1. The highest BCUT2D eigenvalue weighted by atomic mass is 32.2. The smallest absolute Gasteiger partial charge is 0.274 e. The van der Waals surface area contributed by atoms with Crippen LogP contribution >= 0.6 is 0 Å². The van der Waals surface area contributed by atoms with E-state index in [2.05, 4.69) is 10.2 Å². The summed E-state index contributed by atoms with van der Waals surface area (Å²) in [4.78, 5) is 16.8. The Morgan fingerprint density at radius 2 is 1.82 bits per heavy atom. The zero-order chi connectivity index (χ0) is 16.0. The molecule has 7 heteroatoms. The van der Waals surface area contributed by atoms with E-state index in [1.165, 1.54) is 18.2 Å². The molecule has 0 spiro atoms. The summed E-state index contributed by atoms with van der Waals surface area (Å²) in [5.74, 6) is -0.442. The molecule has 6 nitrogen and oxygen atoms in total. The Balaban J connectivity index is 2.19. The summed E-state index contributed by atoms with van der Waals surface area (Å²) in [7, 11) is -3.69. The van der Waals surface area contributed by atoms with E-state index in [9.17, 15) is 13.2 Å². The van der Waals surface area contributed by atoms with Gasteiger partial charge in [-0.25, -0.2) is 13.9 Å². The summed E-state index contributed by atoms with van der Waals surface area (Å²) in [5.41, 5.74) is 2.85. The molecule has 0 bridgehead atoms. The molecule has 0 saturated carbocycles. The molecule has 0 aliphatic rings. The van der Waals surface area contributed by atoms with Crippen molar-refractivity contribution in [2.45, 2.75) is 11.8 Å². The highest BCUT2D eigenvalue weighted by Crippen LogP contribution is 2.17. The zero-order valence-electron chi connectivity index (χ0n) is 11.9. The standard InChI is InChI=1S/C15H16N2O4S/c1-2-21-16-15(18)12-7-6-8-13(11-12)17-22(19,20)14-9-4-3-5-10-14/h3-11,17H,2H2,1H3,(H,16,18). The molecule has 116 valence electrons. The van der Waals surface area contributed by atoms with Gasteiger partial charge in [0.15, 0.2) is 0 Å². The van der Waals surface area contributed by atoms with Gasteiger partial charge in [0.1, 0.15) is 0 Å². The molecule has 2 aromatic rings. The maximum Gasteiger partial charge on any atom is 0.274 e. The number of sulfonamides is 1. The summed E-state index contributed by atoms with van der Waals surface area (Å²) < 4.78 is 26.9.